The fourth-order valence-electron chi connectivity index (χ4n) is 1.41. The van der Waals surface area contributed by atoms with Crippen molar-refractivity contribution in [3.05, 3.63) is 23.7 Å². The van der Waals surface area contributed by atoms with Crippen LogP contribution in [0.3, 0.4) is 0 Å². The van der Waals surface area contributed by atoms with Crippen LogP contribution in [0.2, 0.25) is 0 Å². The molecule has 0 radical (unpaired) electrons. The lowest BCUT2D eigenvalue weighted by molar-refractivity contribution is -0.119. The highest BCUT2D eigenvalue weighted by atomic mass is 16.1. The van der Waals surface area contributed by atoms with Gasteiger partial charge < -0.3 is 21.3 Å². The van der Waals surface area contributed by atoms with Crippen molar-refractivity contribution in [2.24, 2.45) is 11.5 Å². The Balaban J connectivity index is 2.49. The Morgan fingerprint density at radius 1 is 1.13 bits per heavy atom. The van der Waals surface area contributed by atoms with E-state index in [4.69, 9.17) is 11.5 Å². The molecule has 1 amide bonds. The van der Waals surface area contributed by atoms with E-state index < -0.39 is 0 Å². The molecule has 0 unspecified atom stereocenters. The minimum absolute atomic E-state index is 0.699. The zero-order valence-electron chi connectivity index (χ0n) is 9.02. The lowest BCUT2D eigenvalue weighted by Crippen LogP contribution is -2.46. The predicted octanol–water partition coefficient (Wildman–Crippen LogP) is -0.577. The van der Waals surface area contributed by atoms with Crippen molar-refractivity contribution < 1.29 is 4.79 Å². The Bertz CT molecular complexity index is 273. The molecule has 84 valence electrons. The molecule has 0 bridgehead atoms. The molecule has 1 saturated heterocycles. The van der Waals surface area contributed by atoms with E-state index in [0.717, 1.165) is 38.3 Å². The zero-order chi connectivity index (χ0) is 11.3. The molecule has 1 rings (SSSR count). The van der Waals surface area contributed by atoms with Gasteiger partial charge in [-0.1, -0.05) is 0 Å². The smallest absolute Gasteiger partial charge is 0.209 e. The normalized spacial score (nSPS) is 19.3. The van der Waals surface area contributed by atoms with E-state index in [1.807, 2.05) is 11.8 Å². The second-order valence-electron chi connectivity index (χ2n) is 3.63. The average Bonchev–Trinajstić information content (AvgIpc) is 2.26. The Morgan fingerprint density at radius 2 is 1.73 bits per heavy atom. The van der Waals surface area contributed by atoms with Crippen molar-refractivity contribution in [2.45, 2.75) is 6.92 Å². The number of nitrogens with two attached hydrogens (primary N) is 2. The highest BCUT2D eigenvalue weighted by Crippen LogP contribution is 2.04. The van der Waals surface area contributed by atoms with Gasteiger partial charge in [0.15, 0.2) is 0 Å². The second kappa shape index (κ2) is 5.29. The van der Waals surface area contributed by atoms with Gasteiger partial charge in [0.05, 0.1) is 5.82 Å². The summed E-state index contributed by atoms with van der Waals surface area (Å²) in [6.07, 6.45) is 4.45. The van der Waals surface area contributed by atoms with Crippen LogP contribution in [-0.2, 0) is 4.79 Å². The van der Waals surface area contributed by atoms with Crippen molar-refractivity contribution in [1.82, 2.24) is 9.80 Å². The first kappa shape index (κ1) is 11.4. The molecule has 5 heteroatoms. The van der Waals surface area contributed by atoms with E-state index in [2.05, 4.69) is 0 Å². The van der Waals surface area contributed by atoms with Crippen LogP contribution in [0.4, 0.5) is 0 Å². The second-order valence-corrected chi connectivity index (χ2v) is 3.63. The molecule has 0 aliphatic carbocycles. The number of carbonyl (C=O) groups is 1. The van der Waals surface area contributed by atoms with Crippen LogP contribution in [0.5, 0.6) is 0 Å². The van der Waals surface area contributed by atoms with Crippen molar-refractivity contribution in [2.75, 3.05) is 26.2 Å². The molecule has 1 aliphatic heterocycles. The molecule has 4 N–H and O–H groups in total. The monoisotopic (exact) mass is 210 g/mol. The topological polar surface area (TPSA) is 75.6 Å². The number of hydrogen-bond acceptors (Lipinski definition) is 4. The van der Waals surface area contributed by atoms with Gasteiger partial charge >= 0.3 is 0 Å². The number of carbonyl (C=O) groups excluding carboxylic acids is 1. The number of rotatable bonds is 3. The number of piperazine rings is 1. The summed E-state index contributed by atoms with van der Waals surface area (Å²) in [5, 5.41) is 0. The van der Waals surface area contributed by atoms with Crippen LogP contribution in [0.1, 0.15) is 6.92 Å². The quantitative estimate of drug-likeness (QED) is 0.483. The average molecular weight is 210 g/mol. The van der Waals surface area contributed by atoms with Gasteiger partial charge in [0.2, 0.25) is 6.41 Å². The van der Waals surface area contributed by atoms with Crippen molar-refractivity contribution >= 4 is 6.41 Å². The molecule has 5 nitrogen and oxygen atoms in total. The van der Waals surface area contributed by atoms with Gasteiger partial charge in [-0.15, -0.1) is 0 Å². The fourth-order valence-corrected chi connectivity index (χ4v) is 1.41. The molecule has 1 fully saturated rings. The van der Waals surface area contributed by atoms with Gasteiger partial charge in [0, 0.05) is 31.9 Å². The SMILES string of the molecule is C/C(N)=C/C=C(\N)N1CCN(C=O)CC1. The van der Waals surface area contributed by atoms with E-state index in [9.17, 15) is 4.79 Å². The van der Waals surface area contributed by atoms with E-state index in [1.54, 1.807) is 17.1 Å². The minimum atomic E-state index is 0.699. The van der Waals surface area contributed by atoms with E-state index in [0.29, 0.717) is 5.82 Å². The first-order valence-corrected chi connectivity index (χ1v) is 4.97. The molecular weight excluding hydrogens is 192 g/mol. The van der Waals surface area contributed by atoms with Crippen LogP contribution in [0, 0.1) is 0 Å². The Morgan fingerprint density at radius 3 is 2.20 bits per heavy atom. The Labute approximate surface area is 90.0 Å². The van der Waals surface area contributed by atoms with E-state index in [-0.39, 0.29) is 0 Å². The Hall–Kier alpha value is -1.65. The number of nitrogens with zero attached hydrogens (tertiary/aromatic N) is 2. The van der Waals surface area contributed by atoms with Crippen LogP contribution in [0.15, 0.2) is 23.7 Å². The van der Waals surface area contributed by atoms with Gasteiger partial charge in [-0.3, -0.25) is 4.79 Å². The number of amides is 1. The van der Waals surface area contributed by atoms with Crippen molar-refractivity contribution in [3.8, 4) is 0 Å². The zero-order valence-corrected chi connectivity index (χ0v) is 9.02. The number of allylic oxidation sites excluding steroid dienone is 3. The molecule has 15 heavy (non-hydrogen) atoms. The third-order valence-corrected chi connectivity index (χ3v) is 2.35. The molecule has 1 aliphatic rings. The standard InChI is InChI=1S/C10H18N4O/c1-9(11)2-3-10(12)14-6-4-13(8-15)5-7-14/h2-3,8H,4-7,11-12H2,1H3/b9-2-,10-3+. The molecule has 0 aromatic carbocycles. The highest BCUT2D eigenvalue weighted by molar-refractivity contribution is 5.47. The first-order valence-electron chi connectivity index (χ1n) is 4.97. The van der Waals surface area contributed by atoms with Crippen LogP contribution < -0.4 is 11.5 Å². The lowest BCUT2D eigenvalue weighted by Gasteiger charge is -2.33. The van der Waals surface area contributed by atoms with Gasteiger partial charge in [0.25, 0.3) is 0 Å². The largest absolute Gasteiger partial charge is 0.402 e. The minimum Gasteiger partial charge on any atom is -0.402 e. The predicted molar refractivity (Wildman–Crippen MR) is 59.4 cm³/mol. The molecule has 0 aromatic rings. The summed E-state index contributed by atoms with van der Waals surface area (Å²) in [7, 11) is 0. The third kappa shape index (κ3) is 3.53. The van der Waals surface area contributed by atoms with Gasteiger partial charge in [0.1, 0.15) is 0 Å². The number of hydrogen-bond donors (Lipinski definition) is 2. The van der Waals surface area contributed by atoms with Crippen LogP contribution in [0.25, 0.3) is 0 Å². The summed E-state index contributed by atoms with van der Waals surface area (Å²) in [5.74, 6) is 0.699. The fraction of sp³-hybridized carbons (Fsp3) is 0.500. The van der Waals surface area contributed by atoms with Crippen molar-refractivity contribution in [1.29, 1.82) is 0 Å². The molecule has 0 aromatic heterocycles. The van der Waals surface area contributed by atoms with Gasteiger partial charge in [-0.25, -0.2) is 0 Å². The van der Waals surface area contributed by atoms with Gasteiger partial charge in [-0.05, 0) is 19.1 Å². The third-order valence-electron chi connectivity index (χ3n) is 2.35. The Kier molecular flexibility index (Phi) is 4.03. The summed E-state index contributed by atoms with van der Waals surface area (Å²) >= 11 is 0. The molecule has 0 atom stereocenters. The summed E-state index contributed by atoms with van der Waals surface area (Å²) < 4.78 is 0. The van der Waals surface area contributed by atoms with E-state index >= 15 is 0 Å². The summed E-state index contributed by atoms with van der Waals surface area (Å²) in [6.45, 7) is 4.82. The first-order chi connectivity index (χ1) is 7.13. The molecule has 0 spiro atoms. The molecular formula is C10H18N4O. The maximum Gasteiger partial charge on any atom is 0.209 e. The maximum atomic E-state index is 10.5. The van der Waals surface area contributed by atoms with Crippen LogP contribution in [-0.4, -0.2) is 42.4 Å². The maximum absolute atomic E-state index is 10.5. The van der Waals surface area contributed by atoms with Crippen LogP contribution >= 0.6 is 0 Å². The summed E-state index contributed by atoms with van der Waals surface area (Å²) in [4.78, 5) is 14.3. The molecule has 0 saturated carbocycles. The van der Waals surface area contributed by atoms with Gasteiger partial charge in [-0.2, -0.15) is 0 Å². The lowest BCUT2D eigenvalue weighted by atomic mass is 10.3. The van der Waals surface area contributed by atoms with E-state index in [1.165, 1.54) is 0 Å². The highest BCUT2D eigenvalue weighted by Gasteiger charge is 2.15. The summed E-state index contributed by atoms with van der Waals surface area (Å²) in [5.41, 5.74) is 12.1. The summed E-state index contributed by atoms with van der Waals surface area (Å²) in [6, 6.07) is 0. The van der Waals surface area contributed by atoms with Crippen molar-refractivity contribution in [3.63, 3.8) is 0 Å². The molecule has 1 heterocycles.